The second-order valence-corrected chi connectivity index (χ2v) is 12.1. The zero-order chi connectivity index (χ0) is 23.0. The van der Waals surface area contributed by atoms with Gasteiger partial charge in [0.05, 0.1) is 17.8 Å². The molecule has 4 fully saturated rings. The SMILES string of the molecule is CC(=O)O[C@H]1CC[C@@]2(C)C(=CC[C@H]3[C@@H]4C[C@@H]5[C@@H]([C@@H](C)ON5c5ccccc5)[C@@]4(C)CC[C@@H]32)C1. The van der Waals surface area contributed by atoms with Gasteiger partial charge >= 0.3 is 5.97 Å². The molecule has 1 aliphatic heterocycles. The number of hydrogen-bond donors (Lipinski definition) is 0. The van der Waals surface area contributed by atoms with Gasteiger partial charge in [-0.25, -0.2) is 0 Å². The molecule has 9 atom stereocenters. The summed E-state index contributed by atoms with van der Waals surface area (Å²) in [5.41, 5.74) is 3.41. The molecule has 5 aliphatic rings. The molecule has 4 aliphatic carbocycles. The highest BCUT2D eigenvalue weighted by molar-refractivity contribution is 5.66. The Bertz CT molecular complexity index is 959. The number of anilines is 1. The van der Waals surface area contributed by atoms with Gasteiger partial charge in [0.25, 0.3) is 0 Å². The number of hydroxylamine groups is 1. The predicted octanol–water partition coefficient (Wildman–Crippen LogP) is 6.32. The Kier molecular flexibility index (Phi) is 5.00. The Balaban J connectivity index is 1.29. The smallest absolute Gasteiger partial charge is 0.302 e. The fraction of sp³-hybridized carbons (Fsp3) is 0.690. The molecule has 6 rings (SSSR count). The second-order valence-electron chi connectivity index (χ2n) is 12.1. The number of nitrogens with zero attached hydrogens (tertiary/aromatic N) is 1. The van der Waals surface area contributed by atoms with Crippen LogP contribution >= 0.6 is 0 Å². The van der Waals surface area contributed by atoms with E-state index in [0.717, 1.165) is 37.0 Å². The third kappa shape index (κ3) is 3.16. The summed E-state index contributed by atoms with van der Waals surface area (Å²) < 4.78 is 5.62. The molecule has 1 heterocycles. The second kappa shape index (κ2) is 7.60. The zero-order valence-electron chi connectivity index (χ0n) is 20.6. The lowest BCUT2D eigenvalue weighted by Gasteiger charge is -2.58. The van der Waals surface area contributed by atoms with E-state index in [9.17, 15) is 4.79 Å². The van der Waals surface area contributed by atoms with Crippen LogP contribution in [0.15, 0.2) is 42.0 Å². The monoisotopic (exact) mass is 449 g/mol. The summed E-state index contributed by atoms with van der Waals surface area (Å²) in [5.74, 6) is 2.74. The summed E-state index contributed by atoms with van der Waals surface area (Å²) >= 11 is 0. The molecule has 3 saturated carbocycles. The van der Waals surface area contributed by atoms with Gasteiger partial charge in [-0.3, -0.25) is 14.7 Å². The Morgan fingerprint density at radius 1 is 1.12 bits per heavy atom. The van der Waals surface area contributed by atoms with Gasteiger partial charge in [-0.15, -0.1) is 0 Å². The zero-order valence-corrected chi connectivity index (χ0v) is 20.6. The number of ether oxygens (including phenoxy) is 1. The van der Waals surface area contributed by atoms with Crippen molar-refractivity contribution in [1.82, 2.24) is 0 Å². The molecular weight excluding hydrogens is 410 g/mol. The summed E-state index contributed by atoms with van der Waals surface area (Å²) in [7, 11) is 0. The Morgan fingerprint density at radius 3 is 2.67 bits per heavy atom. The molecule has 1 saturated heterocycles. The molecule has 4 nitrogen and oxygen atoms in total. The van der Waals surface area contributed by atoms with Crippen molar-refractivity contribution < 1.29 is 14.4 Å². The fourth-order valence-corrected chi connectivity index (χ4v) is 9.26. The van der Waals surface area contributed by atoms with Crippen molar-refractivity contribution in [2.24, 2.45) is 34.5 Å². The predicted molar refractivity (Wildman–Crippen MR) is 129 cm³/mol. The van der Waals surface area contributed by atoms with Gasteiger partial charge in [-0.05, 0) is 86.2 Å². The van der Waals surface area contributed by atoms with E-state index in [1.807, 2.05) is 0 Å². The normalized spacial score (nSPS) is 46.0. The Morgan fingerprint density at radius 2 is 1.91 bits per heavy atom. The number of allylic oxidation sites excluding steroid dienone is 1. The van der Waals surface area contributed by atoms with Gasteiger partial charge in [0.1, 0.15) is 6.10 Å². The lowest BCUT2D eigenvalue weighted by Crippen LogP contribution is -2.51. The van der Waals surface area contributed by atoms with E-state index in [0.29, 0.717) is 17.4 Å². The highest BCUT2D eigenvalue weighted by atomic mass is 16.7. The number of hydrogen-bond acceptors (Lipinski definition) is 4. The van der Waals surface area contributed by atoms with Crippen molar-refractivity contribution in [2.75, 3.05) is 5.06 Å². The van der Waals surface area contributed by atoms with Crippen molar-refractivity contribution >= 4 is 11.7 Å². The maximum atomic E-state index is 11.5. The van der Waals surface area contributed by atoms with Crippen molar-refractivity contribution in [1.29, 1.82) is 0 Å². The lowest BCUT2D eigenvalue weighted by atomic mass is 9.47. The summed E-state index contributed by atoms with van der Waals surface area (Å²) in [4.78, 5) is 18.0. The van der Waals surface area contributed by atoms with Gasteiger partial charge in [0.2, 0.25) is 0 Å². The summed E-state index contributed by atoms with van der Waals surface area (Å²) in [6.45, 7) is 8.96. The maximum Gasteiger partial charge on any atom is 0.302 e. The summed E-state index contributed by atoms with van der Waals surface area (Å²) in [6.07, 6.45) is 11.1. The van der Waals surface area contributed by atoms with E-state index in [-0.39, 0.29) is 23.6 Å². The minimum Gasteiger partial charge on any atom is -0.462 e. The number of para-hydroxylation sites is 1. The van der Waals surface area contributed by atoms with Crippen LogP contribution in [-0.4, -0.2) is 24.2 Å². The van der Waals surface area contributed by atoms with Crippen LogP contribution in [0.5, 0.6) is 0 Å². The first-order chi connectivity index (χ1) is 15.8. The molecule has 4 heteroatoms. The molecule has 0 spiro atoms. The molecule has 0 radical (unpaired) electrons. The van der Waals surface area contributed by atoms with Gasteiger partial charge in [0.15, 0.2) is 0 Å². The van der Waals surface area contributed by atoms with E-state index < -0.39 is 0 Å². The van der Waals surface area contributed by atoms with Crippen molar-refractivity contribution in [3.05, 3.63) is 42.0 Å². The van der Waals surface area contributed by atoms with Crippen LogP contribution < -0.4 is 5.06 Å². The first kappa shape index (κ1) is 21.7. The number of fused-ring (bicyclic) bond motifs is 7. The molecule has 0 N–H and O–H groups in total. The molecule has 1 aromatic rings. The third-order valence-corrected chi connectivity index (χ3v) is 10.6. The van der Waals surface area contributed by atoms with Gasteiger partial charge in [-0.2, -0.15) is 0 Å². The van der Waals surface area contributed by atoms with Crippen molar-refractivity contribution in [3.8, 4) is 0 Å². The van der Waals surface area contributed by atoms with Crippen LogP contribution in [0.1, 0.15) is 72.6 Å². The minimum atomic E-state index is -0.136. The average molecular weight is 450 g/mol. The molecular formula is C29H39NO3. The first-order valence-electron chi connectivity index (χ1n) is 13.2. The number of rotatable bonds is 2. The van der Waals surface area contributed by atoms with Crippen LogP contribution in [0.4, 0.5) is 5.69 Å². The highest BCUT2D eigenvalue weighted by Crippen LogP contribution is 2.68. The Hall–Kier alpha value is -1.81. The molecule has 0 unspecified atom stereocenters. The van der Waals surface area contributed by atoms with Gasteiger partial charge < -0.3 is 4.74 Å². The van der Waals surface area contributed by atoms with Crippen molar-refractivity contribution in [3.63, 3.8) is 0 Å². The first-order valence-corrected chi connectivity index (χ1v) is 13.2. The molecule has 0 amide bonds. The van der Waals surface area contributed by atoms with E-state index in [2.05, 4.69) is 62.2 Å². The lowest BCUT2D eigenvalue weighted by molar-refractivity contribution is -0.148. The van der Waals surface area contributed by atoms with E-state index >= 15 is 0 Å². The fourth-order valence-electron chi connectivity index (χ4n) is 9.26. The van der Waals surface area contributed by atoms with E-state index in [1.165, 1.54) is 31.4 Å². The molecule has 33 heavy (non-hydrogen) atoms. The van der Waals surface area contributed by atoms with Crippen LogP contribution in [0.3, 0.4) is 0 Å². The third-order valence-electron chi connectivity index (χ3n) is 10.6. The van der Waals surface area contributed by atoms with Crippen LogP contribution in [0, 0.1) is 34.5 Å². The quantitative estimate of drug-likeness (QED) is 0.391. The number of esters is 1. The summed E-state index contributed by atoms with van der Waals surface area (Å²) in [5, 5.41) is 2.27. The van der Waals surface area contributed by atoms with E-state index in [4.69, 9.17) is 9.57 Å². The topological polar surface area (TPSA) is 38.8 Å². The standard InChI is InChI=1S/C29H39NO3/c1-18-27-26(30(33-18)21-8-6-5-7-9-21)17-25-23-11-10-20-16-22(32-19(2)31)12-14-28(20,3)24(23)13-15-29(25,27)4/h5-10,18,22-27H,11-17H2,1-4H3/t18-,22+,23-,24+,25+,26-,27-,28+,29+/m1/s1. The Labute approximate surface area is 198 Å². The van der Waals surface area contributed by atoms with Crippen LogP contribution in [0.25, 0.3) is 0 Å². The molecule has 1 aromatic carbocycles. The molecule has 0 bridgehead atoms. The number of carbonyl (C=O) groups excluding carboxylic acids is 1. The summed E-state index contributed by atoms with van der Waals surface area (Å²) in [6, 6.07) is 11.2. The van der Waals surface area contributed by atoms with Crippen LogP contribution in [0.2, 0.25) is 0 Å². The van der Waals surface area contributed by atoms with Crippen molar-refractivity contribution in [2.45, 2.75) is 90.9 Å². The largest absolute Gasteiger partial charge is 0.462 e. The number of benzene rings is 1. The number of carbonyl (C=O) groups is 1. The van der Waals surface area contributed by atoms with Gasteiger partial charge in [0, 0.05) is 19.3 Å². The maximum absolute atomic E-state index is 11.5. The molecule has 178 valence electrons. The minimum absolute atomic E-state index is 0.0792. The molecule has 0 aromatic heterocycles. The van der Waals surface area contributed by atoms with Gasteiger partial charge in [-0.1, -0.05) is 43.7 Å². The van der Waals surface area contributed by atoms with E-state index in [1.54, 1.807) is 12.5 Å². The van der Waals surface area contributed by atoms with Crippen LogP contribution in [-0.2, 0) is 14.4 Å². The average Bonchev–Trinajstić information content (AvgIpc) is 3.29. The highest BCUT2D eigenvalue weighted by Gasteiger charge is 2.65.